The number of thioether (sulfide) groups is 1. The molecule has 2 rings (SSSR count). The lowest BCUT2D eigenvalue weighted by Crippen LogP contribution is -2.47. The summed E-state index contributed by atoms with van der Waals surface area (Å²) in [5.41, 5.74) is 0.270. The summed E-state index contributed by atoms with van der Waals surface area (Å²) in [5, 5.41) is 4.66. The Bertz CT molecular complexity index is 464. The largest absolute Gasteiger partial charge is 0.359 e. The van der Waals surface area contributed by atoms with Gasteiger partial charge in [-0.15, -0.1) is 0 Å². The Morgan fingerprint density at radius 3 is 3.05 bits per heavy atom. The van der Waals surface area contributed by atoms with Crippen molar-refractivity contribution >= 4 is 27.0 Å². The molecule has 7 heteroatoms. The second-order valence-corrected chi connectivity index (χ2v) is 8.90. The molecule has 2 N–H and O–H groups in total. The van der Waals surface area contributed by atoms with Crippen LogP contribution in [0.25, 0.3) is 0 Å². The minimum atomic E-state index is -3.07. The molecule has 0 aromatic rings. The average molecular weight is 319 g/mol. The first-order valence-electron chi connectivity index (χ1n) is 7.29. The Labute approximate surface area is 126 Å². The van der Waals surface area contributed by atoms with E-state index in [1.165, 1.54) is 31.9 Å². The SMILES string of the molecule is CC1CCCC2(CSC(=NCCCNS(C)(=O)=O)N2)C1. The van der Waals surface area contributed by atoms with Gasteiger partial charge in [0.15, 0.2) is 5.17 Å². The van der Waals surface area contributed by atoms with Crippen molar-refractivity contribution < 1.29 is 8.42 Å². The summed E-state index contributed by atoms with van der Waals surface area (Å²) < 4.78 is 24.3. The van der Waals surface area contributed by atoms with Crippen LogP contribution in [0.5, 0.6) is 0 Å². The lowest BCUT2D eigenvalue weighted by molar-refractivity contribution is 0.242. The number of rotatable bonds is 5. The Hall–Kier alpha value is -0.270. The van der Waals surface area contributed by atoms with E-state index in [0.717, 1.165) is 23.3 Å². The summed E-state index contributed by atoms with van der Waals surface area (Å²) >= 11 is 1.81. The van der Waals surface area contributed by atoms with Gasteiger partial charge in [-0.05, 0) is 25.2 Å². The Balaban J connectivity index is 1.73. The van der Waals surface area contributed by atoms with Crippen LogP contribution in [0.15, 0.2) is 4.99 Å². The van der Waals surface area contributed by atoms with Crippen molar-refractivity contribution in [3.05, 3.63) is 0 Å². The Morgan fingerprint density at radius 1 is 1.55 bits per heavy atom. The molecule has 2 aliphatic rings. The van der Waals surface area contributed by atoms with Crippen LogP contribution in [0.1, 0.15) is 39.0 Å². The highest BCUT2D eigenvalue weighted by atomic mass is 32.2. The van der Waals surface area contributed by atoms with Crippen LogP contribution in [0, 0.1) is 5.92 Å². The van der Waals surface area contributed by atoms with Gasteiger partial charge in [-0.25, -0.2) is 13.1 Å². The first-order valence-corrected chi connectivity index (χ1v) is 10.2. The van der Waals surface area contributed by atoms with Crippen molar-refractivity contribution in [1.82, 2.24) is 10.0 Å². The van der Waals surface area contributed by atoms with E-state index in [4.69, 9.17) is 0 Å². The van der Waals surface area contributed by atoms with E-state index in [9.17, 15) is 8.42 Å². The fourth-order valence-corrected chi connectivity index (χ4v) is 4.75. The molecule has 1 saturated carbocycles. The zero-order valence-corrected chi connectivity index (χ0v) is 13.9. The lowest BCUT2D eigenvalue weighted by Gasteiger charge is -2.36. The van der Waals surface area contributed by atoms with Gasteiger partial charge < -0.3 is 5.32 Å². The molecular weight excluding hydrogens is 294 g/mol. The summed E-state index contributed by atoms with van der Waals surface area (Å²) in [6, 6.07) is 0. The second kappa shape index (κ2) is 6.66. The predicted octanol–water partition coefficient (Wildman–Crippen LogP) is 1.57. The highest BCUT2D eigenvalue weighted by Gasteiger charge is 2.40. The highest BCUT2D eigenvalue weighted by molar-refractivity contribution is 8.14. The Kier molecular flexibility index (Phi) is 5.36. The highest BCUT2D eigenvalue weighted by Crippen LogP contribution is 2.38. The zero-order chi connectivity index (χ0) is 14.6. The van der Waals surface area contributed by atoms with Crippen LogP contribution < -0.4 is 10.0 Å². The van der Waals surface area contributed by atoms with E-state index < -0.39 is 10.0 Å². The van der Waals surface area contributed by atoms with Gasteiger partial charge in [0, 0.05) is 24.4 Å². The van der Waals surface area contributed by atoms with Crippen LogP contribution in [0.2, 0.25) is 0 Å². The number of nitrogens with one attached hydrogen (secondary N) is 2. The number of nitrogens with zero attached hydrogens (tertiary/aromatic N) is 1. The average Bonchev–Trinajstić information content (AvgIpc) is 2.70. The normalized spacial score (nSPS) is 32.7. The van der Waals surface area contributed by atoms with Gasteiger partial charge in [0.2, 0.25) is 10.0 Å². The maximum atomic E-state index is 10.9. The minimum absolute atomic E-state index is 0.270. The van der Waals surface area contributed by atoms with Crippen molar-refractivity contribution in [2.45, 2.75) is 44.6 Å². The summed E-state index contributed by atoms with van der Waals surface area (Å²) in [4.78, 5) is 4.55. The maximum Gasteiger partial charge on any atom is 0.208 e. The van der Waals surface area contributed by atoms with E-state index in [-0.39, 0.29) is 5.54 Å². The molecule has 1 saturated heterocycles. The molecule has 0 radical (unpaired) electrons. The monoisotopic (exact) mass is 319 g/mol. The number of amidine groups is 1. The smallest absolute Gasteiger partial charge is 0.208 e. The van der Waals surface area contributed by atoms with Crippen molar-refractivity contribution in [3.63, 3.8) is 0 Å². The number of hydrogen-bond donors (Lipinski definition) is 2. The molecule has 1 spiro atoms. The molecule has 0 aromatic carbocycles. The molecule has 5 nitrogen and oxygen atoms in total. The summed E-state index contributed by atoms with van der Waals surface area (Å²) in [6.45, 7) is 3.46. The van der Waals surface area contributed by atoms with Gasteiger partial charge in [0.05, 0.1) is 6.26 Å². The van der Waals surface area contributed by atoms with Crippen LogP contribution in [-0.4, -0.2) is 44.2 Å². The third-order valence-corrected chi connectivity index (χ3v) is 5.83. The summed E-state index contributed by atoms with van der Waals surface area (Å²) in [5.74, 6) is 1.92. The van der Waals surface area contributed by atoms with Gasteiger partial charge in [-0.2, -0.15) is 0 Å². The van der Waals surface area contributed by atoms with Gasteiger partial charge >= 0.3 is 0 Å². The van der Waals surface area contributed by atoms with Crippen LogP contribution >= 0.6 is 11.8 Å². The van der Waals surface area contributed by atoms with E-state index in [1.54, 1.807) is 0 Å². The molecule has 0 bridgehead atoms. The third kappa shape index (κ3) is 4.93. The van der Waals surface area contributed by atoms with E-state index in [1.807, 2.05) is 11.8 Å². The molecule has 1 heterocycles. The van der Waals surface area contributed by atoms with Gasteiger partial charge in [0.25, 0.3) is 0 Å². The molecule has 2 atom stereocenters. The topological polar surface area (TPSA) is 70.6 Å². The van der Waals surface area contributed by atoms with Crippen LogP contribution in [0.3, 0.4) is 0 Å². The van der Waals surface area contributed by atoms with Crippen molar-refractivity contribution in [1.29, 1.82) is 0 Å². The first-order chi connectivity index (χ1) is 9.39. The molecule has 2 fully saturated rings. The fraction of sp³-hybridized carbons (Fsp3) is 0.923. The molecule has 0 amide bonds. The molecule has 20 heavy (non-hydrogen) atoms. The van der Waals surface area contributed by atoms with Gasteiger partial charge in [-0.1, -0.05) is 31.5 Å². The molecular formula is C13H25N3O2S2. The van der Waals surface area contributed by atoms with Gasteiger partial charge in [-0.3, -0.25) is 4.99 Å². The van der Waals surface area contributed by atoms with Crippen LogP contribution in [0.4, 0.5) is 0 Å². The Morgan fingerprint density at radius 2 is 2.35 bits per heavy atom. The van der Waals surface area contributed by atoms with Crippen molar-refractivity contribution in [3.8, 4) is 0 Å². The van der Waals surface area contributed by atoms with E-state index in [2.05, 4.69) is 22.0 Å². The number of hydrogen-bond acceptors (Lipinski definition) is 4. The quantitative estimate of drug-likeness (QED) is 0.755. The third-order valence-electron chi connectivity index (χ3n) is 3.90. The van der Waals surface area contributed by atoms with E-state index >= 15 is 0 Å². The summed E-state index contributed by atoms with van der Waals surface area (Å²) in [6.07, 6.45) is 7.06. The molecule has 0 aromatic heterocycles. The lowest BCUT2D eigenvalue weighted by atomic mass is 9.78. The van der Waals surface area contributed by atoms with Gasteiger partial charge in [0.1, 0.15) is 0 Å². The second-order valence-electron chi connectivity index (χ2n) is 6.10. The number of sulfonamides is 1. The standard InChI is InChI=1S/C13H25N3O2S2/c1-11-5-3-6-13(9-11)10-19-12(16-13)14-7-4-8-15-20(2,17)18/h11,15H,3-10H2,1-2H3,(H,14,16). The first kappa shape index (κ1) is 16.1. The van der Waals surface area contributed by atoms with Crippen LogP contribution in [-0.2, 0) is 10.0 Å². The van der Waals surface area contributed by atoms with Crippen molar-refractivity contribution in [2.75, 3.05) is 25.1 Å². The molecule has 1 aliphatic carbocycles. The molecule has 2 unspecified atom stereocenters. The predicted molar refractivity (Wildman–Crippen MR) is 85.7 cm³/mol. The zero-order valence-electron chi connectivity index (χ0n) is 12.3. The molecule has 1 aliphatic heterocycles. The van der Waals surface area contributed by atoms with Crippen molar-refractivity contribution in [2.24, 2.45) is 10.9 Å². The van der Waals surface area contributed by atoms with E-state index in [0.29, 0.717) is 13.1 Å². The number of aliphatic imine (C=N–C) groups is 1. The molecule has 116 valence electrons. The maximum absolute atomic E-state index is 10.9. The fourth-order valence-electron chi connectivity index (χ4n) is 3.01. The minimum Gasteiger partial charge on any atom is -0.359 e. The summed E-state index contributed by atoms with van der Waals surface area (Å²) in [7, 11) is -3.07.